The van der Waals surface area contributed by atoms with Crippen molar-refractivity contribution in [1.82, 2.24) is 0 Å². The molecule has 0 N–H and O–H groups in total. The van der Waals surface area contributed by atoms with Gasteiger partial charge < -0.3 is 0 Å². The summed E-state index contributed by atoms with van der Waals surface area (Å²) in [6.45, 7) is 0. The van der Waals surface area contributed by atoms with E-state index in [4.69, 9.17) is 0 Å². The molecule has 0 radical (unpaired) electrons. The quantitative estimate of drug-likeness (QED) is 0.149. The van der Waals surface area contributed by atoms with E-state index in [0.717, 1.165) is 0 Å². The Kier molecular flexibility index (Phi) is 9.81. The van der Waals surface area contributed by atoms with Crippen LogP contribution in [0.4, 0.5) is 0 Å². The zero-order valence-electron chi connectivity index (χ0n) is 43.7. The van der Waals surface area contributed by atoms with Crippen LogP contribution in [0.5, 0.6) is 0 Å². The molecule has 0 nitrogen and oxygen atoms in total. The second-order valence-electron chi connectivity index (χ2n) is 21.6. The summed E-state index contributed by atoms with van der Waals surface area (Å²) in [6.07, 6.45) is 0. The lowest BCUT2D eigenvalue weighted by molar-refractivity contribution is 1.59. The minimum Gasteiger partial charge on any atom is -0.0622 e. The van der Waals surface area contributed by atoms with E-state index in [2.05, 4.69) is 291 Å². The Balaban J connectivity index is 0.961. The first-order chi connectivity index (χ1) is 39.7. The monoisotopic (exact) mass is 1010 g/mol. The Labute approximate surface area is 464 Å². The number of benzene rings is 15. The molecule has 17 rings (SSSR count). The summed E-state index contributed by atoms with van der Waals surface area (Å²) >= 11 is 0. The highest BCUT2D eigenvalue weighted by Gasteiger charge is 2.34. The van der Waals surface area contributed by atoms with Crippen molar-refractivity contribution in [1.29, 1.82) is 0 Å². The molecule has 80 heavy (non-hydrogen) atoms. The highest BCUT2D eigenvalue weighted by atomic mass is 14.4. The van der Waals surface area contributed by atoms with Gasteiger partial charge in [-0.25, -0.2) is 0 Å². The maximum absolute atomic E-state index is 2.52. The lowest BCUT2D eigenvalue weighted by Crippen LogP contribution is -1.96. The second-order valence-corrected chi connectivity index (χ2v) is 21.6. The molecule has 15 aromatic carbocycles. The van der Waals surface area contributed by atoms with Crippen molar-refractivity contribution in [3.8, 4) is 122 Å². The third-order valence-electron chi connectivity index (χ3n) is 17.6. The molecule has 0 aromatic heterocycles. The fraction of sp³-hybridized carbons (Fsp3) is 0. The van der Waals surface area contributed by atoms with Crippen molar-refractivity contribution < 1.29 is 0 Å². The second kappa shape index (κ2) is 17.6. The number of hydrogen-bond acceptors (Lipinski definition) is 0. The topological polar surface area (TPSA) is 0 Å². The Morgan fingerprint density at radius 1 is 0.138 bits per heavy atom. The van der Waals surface area contributed by atoms with Gasteiger partial charge in [0.15, 0.2) is 0 Å². The van der Waals surface area contributed by atoms with Gasteiger partial charge in [-0.3, -0.25) is 0 Å². The average Bonchev–Trinajstić information content (AvgIpc) is 4.27. The smallest absolute Gasteiger partial charge is 0.000719 e. The maximum atomic E-state index is 2.52. The van der Waals surface area contributed by atoms with Gasteiger partial charge in [0.05, 0.1) is 0 Å². The predicted octanol–water partition coefficient (Wildman–Crippen LogP) is 22.4. The van der Waals surface area contributed by atoms with Gasteiger partial charge in [0.2, 0.25) is 0 Å². The van der Waals surface area contributed by atoms with E-state index < -0.39 is 0 Å². The van der Waals surface area contributed by atoms with Gasteiger partial charge in [0, 0.05) is 0 Å². The van der Waals surface area contributed by atoms with Crippen LogP contribution in [0.25, 0.3) is 176 Å². The molecule has 0 heterocycles. The average molecular weight is 1010 g/mol. The molecule has 0 fully saturated rings. The van der Waals surface area contributed by atoms with E-state index in [1.165, 1.54) is 176 Å². The van der Waals surface area contributed by atoms with Crippen molar-refractivity contribution in [2.45, 2.75) is 0 Å². The van der Waals surface area contributed by atoms with Crippen molar-refractivity contribution in [2.24, 2.45) is 0 Å². The fourth-order valence-corrected chi connectivity index (χ4v) is 14.2. The van der Waals surface area contributed by atoms with Gasteiger partial charge in [-0.1, -0.05) is 279 Å². The van der Waals surface area contributed by atoms with E-state index in [-0.39, 0.29) is 0 Å². The lowest BCUT2D eigenvalue weighted by Gasteiger charge is -2.23. The van der Waals surface area contributed by atoms with Gasteiger partial charge >= 0.3 is 0 Å². The van der Waals surface area contributed by atoms with Gasteiger partial charge in [-0.15, -0.1) is 0 Å². The van der Waals surface area contributed by atoms with Gasteiger partial charge in [-0.2, -0.15) is 0 Å². The Hall–Kier alpha value is -10.4. The molecule has 2 aliphatic rings. The SMILES string of the molecule is c1ccc(-c2cc3c(-c4ccccc4)c4c(c(-c5cccc6ccccc56)c3cc2-c2ccccc2)-c2cccc3c(-c5ccc6c7c(cccc57)-c5c(-c7cccc8ccccc78)ccc(-c7ccccc7)c5-6)ccc-4c23)cc1. The van der Waals surface area contributed by atoms with Crippen molar-refractivity contribution in [2.75, 3.05) is 0 Å². The molecule has 15 aromatic rings. The third-order valence-corrected chi connectivity index (χ3v) is 17.6. The predicted molar refractivity (Wildman–Crippen MR) is 341 cm³/mol. The summed E-state index contributed by atoms with van der Waals surface area (Å²) in [6, 6.07) is 109. The van der Waals surface area contributed by atoms with Crippen LogP contribution in [0, 0.1) is 0 Å². The van der Waals surface area contributed by atoms with Crippen LogP contribution in [0.15, 0.2) is 291 Å². The van der Waals surface area contributed by atoms with Crippen LogP contribution >= 0.6 is 0 Å². The van der Waals surface area contributed by atoms with Crippen LogP contribution in [0.1, 0.15) is 0 Å². The third kappa shape index (κ3) is 6.51. The molecule has 0 amide bonds. The number of hydrogen-bond donors (Lipinski definition) is 0. The highest BCUT2D eigenvalue weighted by molar-refractivity contribution is 6.32. The lowest BCUT2D eigenvalue weighted by atomic mass is 9.79. The molecular weight excluding hydrogens is 961 g/mol. The van der Waals surface area contributed by atoms with Crippen molar-refractivity contribution >= 4 is 53.9 Å². The van der Waals surface area contributed by atoms with Gasteiger partial charge in [-0.05, 0) is 188 Å². The Morgan fingerprint density at radius 3 is 1.04 bits per heavy atom. The Bertz CT molecular complexity index is 5060. The van der Waals surface area contributed by atoms with Crippen LogP contribution in [0.2, 0.25) is 0 Å². The van der Waals surface area contributed by atoms with E-state index in [1.807, 2.05) is 0 Å². The molecule has 0 saturated carbocycles. The molecule has 0 spiro atoms. The summed E-state index contributed by atoms with van der Waals surface area (Å²) in [7, 11) is 0. The van der Waals surface area contributed by atoms with Crippen LogP contribution in [0.3, 0.4) is 0 Å². The van der Waals surface area contributed by atoms with Gasteiger partial charge in [0.25, 0.3) is 0 Å². The minimum absolute atomic E-state index is 1.20. The molecule has 368 valence electrons. The Morgan fingerprint density at radius 2 is 0.463 bits per heavy atom. The zero-order chi connectivity index (χ0) is 52.4. The van der Waals surface area contributed by atoms with E-state index in [0.29, 0.717) is 0 Å². The van der Waals surface area contributed by atoms with Crippen LogP contribution < -0.4 is 0 Å². The molecule has 0 atom stereocenters. The molecule has 0 saturated heterocycles. The van der Waals surface area contributed by atoms with E-state index in [1.54, 1.807) is 0 Å². The van der Waals surface area contributed by atoms with Crippen molar-refractivity contribution in [3.63, 3.8) is 0 Å². The summed E-state index contributed by atoms with van der Waals surface area (Å²) < 4.78 is 0. The molecule has 0 heteroatoms. The largest absolute Gasteiger partial charge is 0.0622 e. The first-order valence-electron chi connectivity index (χ1n) is 27.9. The molecule has 0 unspecified atom stereocenters. The van der Waals surface area contributed by atoms with Gasteiger partial charge in [0.1, 0.15) is 0 Å². The molecular formula is C80H48. The summed E-state index contributed by atoms with van der Waals surface area (Å²) in [5, 5.41) is 12.6. The first kappa shape index (κ1) is 44.7. The standard InChI is InChI=1S/C80H48/c1-5-21-51(22-6-1)57-41-44-64(58-35-17-31-49-27-13-15-33-55(49)58)77-65-39-19-37-62-59(42-45-67(74(62)65)76(57)77)60-43-46-68-75-63(60)38-20-40-66(75)80-78(61-36-18-32-50-28-14-16-34-56(50)61)72-48-70(53-25-9-3-10-26-53)69(52-23-7-2-8-24-52)47-71(72)73(79(68)80)54-29-11-4-12-30-54/h1-48H. The molecule has 0 bridgehead atoms. The fourth-order valence-electron chi connectivity index (χ4n) is 14.2. The van der Waals surface area contributed by atoms with Crippen LogP contribution in [-0.2, 0) is 0 Å². The zero-order valence-corrected chi connectivity index (χ0v) is 43.7. The number of fused-ring (bicyclic) bond motifs is 9. The van der Waals surface area contributed by atoms with E-state index >= 15 is 0 Å². The first-order valence-corrected chi connectivity index (χ1v) is 27.9. The maximum Gasteiger partial charge on any atom is -0.000719 e. The minimum atomic E-state index is 1.20. The summed E-state index contributed by atoms with van der Waals surface area (Å²) in [5.74, 6) is 0. The van der Waals surface area contributed by atoms with Crippen molar-refractivity contribution in [3.05, 3.63) is 291 Å². The van der Waals surface area contributed by atoms with Crippen LogP contribution in [-0.4, -0.2) is 0 Å². The van der Waals surface area contributed by atoms with E-state index in [9.17, 15) is 0 Å². The normalized spacial score (nSPS) is 12.0. The molecule has 0 aliphatic heterocycles. The highest BCUT2D eigenvalue weighted by Crippen LogP contribution is 2.61. The number of rotatable bonds is 7. The summed E-state index contributed by atoms with van der Waals surface area (Å²) in [4.78, 5) is 0. The molecule has 2 aliphatic carbocycles. The summed E-state index contributed by atoms with van der Waals surface area (Å²) in [5.41, 5.74) is 27.6.